The topological polar surface area (TPSA) is 75.3 Å². The molecule has 5 nitrogen and oxygen atoms in total. The van der Waals surface area contributed by atoms with E-state index in [1.807, 2.05) is 32.0 Å². The Bertz CT molecular complexity index is 657. The number of benzene rings is 1. The van der Waals surface area contributed by atoms with Crippen LogP contribution in [0.2, 0.25) is 0 Å². The summed E-state index contributed by atoms with van der Waals surface area (Å²) in [5.41, 5.74) is 0.565. The molecule has 1 aliphatic rings. The molecule has 0 spiro atoms. The number of hydrogen-bond acceptors (Lipinski definition) is 4. The molecule has 0 saturated heterocycles. The summed E-state index contributed by atoms with van der Waals surface area (Å²) in [6.07, 6.45) is 7.67. The second-order valence-corrected chi connectivity index (χ2v) is 9.15. The second kappa shape index (κ2) is 12.7. The van der Waals surface area contributed by atoms with Crippen LogP contribution in [-0.4, -0.2) is 34.8 Å². The summed E-state index contributed by atoms with van der Waals surface area (Å²) in [6, 6.07) is 8.72. The van der Waals surface area contributed by atoms with Crippen molar-refractivity contribution in [3.8, 4) is 0 Å². The van der Waals surface area contributed by atoms with E-state index in [2.05, 4.69) is 10.6 Å². The van der Waals surface area contributed by atoms with Crippen molar-refractivity contribution in [3.05, 3.63) is 35.9 Å². The molecule has 1 aliphatic carbocycles. The van der Waals surface area contributed by atoms with Crippen LogP contribution in [0.4, 0.5) is 0 Å². The summed E-state index contributed by atoms with van der Waals surface area (Å²) in [5.74, 6) is 0.587. The molecule has 0 heterocycles. The van der Waals surface area contributed by atoms with E-state index in [9.17, 15) is 14.4 Å². The summed E-state index contributed by atoms with van der Waals surface area (Å²) in [4.78, 5) is 37.0. The summed E-state index contributed by atoms with van der Waals surface area (Å²) in [7, 11) is 0. The lowest BCUT2D eigenvalue weighted by atomic mass is 10.1. The highest BCUT2D eigenvalue weighted by Crippen LogP contribution is 2.18. The zero-order valence-corrected chi connectivity index (χ0v) is 18.4. The predicted octanol–water partition coefficient (Wildman–Crippen LogP) is 4.32. The first kappa shape index (κ1) is 23.5. The van der Waals surface area contributed by atoms with Crippen LogP contribution in [0.15, 0.2) is 30.3 Å². The summed E-state index contributed by atoms with van der Waals surface area (Å²) >= 11 is 1.39. The van der Waals surface area contributed by atoms with E-state index >= 15 is 0 Å². The van der Waals surface area contributed by atoms with Crippen molar-refractivity contribution in [2.24, 2.45) is 5.92 Å². The third kappa shape index (κ3) is 8.60. The number of unbranched alkanes of at least 4 members (excludes halogenated alkanes) is 2. The average molecular weight is 419 g/mol. The van der Waals surface area contributed by atoms with Gasteiger partial charge in [-0.2, -0.15) is 0 Å². The molecule has 0 unspecified atom stereocenters. The molecule has 1 aromatic carbocycles. The minimum absolute atomic E-state index is 0.0665. The molecular weight excluding hydrogens is 384 g/mol. The Labute approximate surface area is 178 Å². The van der Waals surface area contributed by atoms with Crippen LogP contribution in [-0.2, 0) is 9.59 Å². The molecule has 160 valence electrons. The number of nitrogens with one attached hydrogen (secondary N) is 2. The van der Waals surface area contributed by atoms with Gasteiger partial charge in [0.2, 0.25) is 5.91 Å². The largest absolute Gasteiger partial charge is 0.352 e. The number of hydrogen-bond donors (Lipinski definition) is 2. The van der Waals surface area contributed by atoms with Crippen LogP contribution in [0, 0.1) is 5.92 Å². The molecule has 1 atom stereocenters. The fourth-order valence-corrected chi connectivity index (χ4v) is 4.32. The van der Waals surface area contributed by atoms with E-state index < -0.39 is 6.04 Å². The van der Waals surface area contributed by atoms with Crippen molar-refractivity contribution >= 4 is 28.7 Å². The lowest BCUT2D eigenvalue weighted by molar-refractivity contribution is -0.123. The van der Waals surface area contributed by atoms with Gasteiger partial charge in [-0.1, -0.05) is 69.5 Å². The molecule has 0 radical (unpaired) electrons. The lowest BCUT2D eigenvalue weighted by Gasteiger charge is -2.21. The molecule has 2 amide bonds. The van der Waals surface area contributed by atoms with Crippen molar-refractivity contribution in [3.63, 3.8) is 0 Å². The van der Waals surface area contributed by atoms with Crippen molar-refractivity contribution in [2.75, 3.05) is 5.75 Å². The van der Waals surface area contributed by atoms with Crippen LogP contribution >= 0.6 is 11.8 Å². The SMILES string of the molecule is CC(C)C(=O)SCCCCC[C@H](NC(=O)c1ccccc1)C(=O)NC1CCCC1. The molecule has 6 heteroatoms. The van der Waals surface area contributed by atoms with Gasteiger partial charge in [-0.25, -0.2) is 0 Å². The highest BCUT2D eigenvalue weighted by atomic mass is 32.2. The smallest absolute Gasteiger partial charge is 0.251 e. The number of amides is 2. The second-order valence-electron chi connectivity index (χ2n) is 8.05. The van der Waals surface area contributed by atoms with E-state index in [1.54, 1.807) is 12.1 Å². The number of thioether (sulfide) groups is 1. The Morgan fingerprint density at radius 1 is 1.03 bits per heavy atom. The normalized spacial score (nSPS) is 15.3. The zero-order chi connectivity index (χ0) is 21.1. The average Bonchev–Trinajstić information content (AvgIpc) is 3.22. The predicted molar refractivity (Wildman–Crippen MR) is 119 cm³/mol. The maximum Gasteiger partial charge on any atom is 0.251 e. The Kier molecular flexibility index (Phi) is 10.3. The molecule has 2 N–H and O–H groups in total. The quantitative estimate of drug-likeness (QED) is 0.525. The van der Waals surface area contributed by atoms with Crippen molar-refractivity contribution < 1.29 is 14.4 Å². The van der Waals surface area contributed by atoms with Crippen LogP contribution in [0.3, 0.4) is 0 Å². The molecular formula is C23H34N2O3S. The Balaban J connectivity index is 1.82. The van der Waals surface area contributed by atoms with E-state index in [1.165, 1.54) is 11.8 Å². The van der Waals surface area contributed by atoms with Gasteiger partial charge in [0.05, 0.1) is 0 Å². The molecule has 1 fully saturated rings. The Hall–Kier alpha value is -1.82. The van der Waals surface area contributed by atoms with Crippen LogP contribution in [0.1, 0.15) is 75.6 Å². The molecule has 2 rings (SSSR count). The third-order valence-electron chi connectivity index (χ3n) is 5.21. The monoisotopic (exact) mass is 418 g/mol. The fourth-order valence-electron chi connectivity index (χ4n) is 3.44. The first-order valence-corrected chi connectivity index (χ1v) is 11.8. The summed E-state index contributed by atoms with van der Waals surface area (Å²) < 4.78 is 0. The van der Waals surface area contributed by atoms with Gasteiger partial charge in [0.15, 0.2) is 5.12 Å². The van der Waals surface area contributed by atoms with Gasteiger partial charge in [0.1, 0.15) is 6.04 Å². The highest BCUT2D eigenvalue weighted by Gasteiger charge is 2.25. The van der Waals surface area contributed by atoms with Crippen molar-refractivity contribution in [1.82, 2.24) is 10.6 Å². The lowest BCUT2D eigenvalue weighted by Crippen LogP contribution is -2.49. The van der Waals surface area contributed by atoms with E-state index in [4.69, 9.17) is 0 Å². The Morgan fingerprint density at radius 2 is 1.72 bits per heavy atom. The third-order valence-corrected chi connectivity index (χ3v) is 6.46. The zero-order valence-electron chi connectivity index (χ0n) is 17.6. The molecule has 0 aromatic heterocycles. The van der Waals surface area contributed by atoms with Gasteiger partial charge >= 0.3 is 0 Å². The van der Waals surface area contributed by atoms with Gasteiger partial charge in [-0.05, 0) is 37.8 Å². The maximum atomic E-state index is 12.8. The maximum absolute atomic E-state index is 12.8. The van der Waals surface area contributed by atoms with Gasteiger partial charge in [-0.3, -0.25) is 14.4 Å². The minimum Gasteiger partial charge on any atom is -0.352 e. The first-order valence-electron chi connectivity index (χ1n) is 10.8. The summed E-state index contributed by atoms with van der Waals surface area (Å²) in [6.45, 7) is 3.83. The number of carbonyl (C=O) groups excluding carboxylic acids is 3. The fraction of sp³-hybridized carbons (Fsp3) is 0.609. The van der Waals surface area contributed by atoms with Gasteiger partial charge < -0.3 is 10.6 Å². The van der Waals surface area contributed by atoms with E-state index in [0.717, 1.165) is 50.7 Å². The molecule has 29 heavy (non-hydrogen) atoms. The molecule has 1 saturated carbocycles. The number of carbonyl (C=O) groups is 3. The molecule has 0 aliphatic heterocycles. The standard InChI is InChI=1S/C23H34N2O3S/c1-17(2)23(28)29-16-10-4-7-15-20(22(27)24-19-13-8-9-14-19)25-21(26)18-11-5-3-6-12-18/h3,5-6,11-12,17,19-20H,4,7-10,13-16H2,1-2H3,(H,24,27)(H,25,26)/t20-/m0/s1. The first-order chi connectivity index (χ1) is 14.0. The highest BCUT2D eigenvalue weighted by molar-refractivity contribution is 8.13. The van der Waals surface area contributed by atoms with E-state index in [0.29, 0.717) is 12.0 Å². The van der Waals surface area contributed by atoms with Crippen LogP contribution < -0.4 is 10.6 Å². The Morgan fingerprint density at radius 3 is 2.38 bits per heavy atom. The van der Waals surface area contributed by atoms with E-state index in [-0.39, 0.29) is 28.9 Å². The van der Waals surface area contributed by atoms with Crippen LogP contribution in [0.5, 0.6) is 0 Å². The van der Waals surface area contributed by atoms with Gasteiger partial charge in [0, 0.05) is 23.3 Å². The number of rotatable bonds is 11. The van der Waals surface area contributed by atoms with Crippen molar-refractivity contribution in [2.45, 2.75) is 77.3 Å². The summed E-state index contributed by atoms with van der Waals surface area (Å²) in [5, 5.41) is 6.26. The van der Waals surface area contributed by atoms with Gasteiger partial charge in [0.25, 0.3) is 5.91 Å². The van der Waals surface area contributed by atoms with Crippen LogP contribution in [0.25, 0.3) is 0 Å². The minimum atomic E-state index is -0.520. The van der Waals surface area contributed by atoms with Gasteiger partial charge in [-0.15, -0.1) is 0 Å². The molecule has 1 aromatic rings. The van der Waals surface area contributed by atoms with Crippen molar-refractivity contribution in [1.29, 1.82) is 0 Å². The molecule has 0 bridgehead atoms.